The summed E-state index contributed by atoms with van der Waals surface area (Å²) in [5, 5.41) is 3.22. The van der Waals surface area contributed by atoms with Gasteiger partial charge >= 0.3 is 0 Å². The zero-order valence-corrected chi connectivity index (χ0v) is 12.5. The van der Waals surface area contributed by atoms with E-state index in [0.29, 0.717) is 11.7 Å². The molecule has 0 heterocycles. The van der Waals surface area contributed by atoms with E-state index in [4.69, 9.17) is 5.73 Å². The van der Waals surface area contributed by atoms with Crippen LogP contribution in [0.25, 0.3) is 6.08 Å². The topological polar surface area (TPSA) is 50.4 Å². The number of benzene rings is 2. The standard InChI is InChI=1S/C18H21N3/c1-4-14-7-10-17(19)18(11-14)21-12-15-5-8-16(9-6-15)13(2)20-3/h4-13,20H,1,19H2,2-3H3. The van der Waals surface area contributed by atoms with E-state index in [1.54, 1.807) is 6.08 Å². The average Bonchev–Trinajstić information content (AvgIpc) is 2.54. The second-order valence-electron chi connectivity index (χ2n) is 4.96. The molecule has 0 aliphatic rings. The van der Waals surface area contributed by atoms with Crippen molar-refractivity contribution in [2.24, 2.45) is 4.99 Å². The van der Waals surface area contributed by atoms with Crippen molar-refractivity contribution in [1.82, 2.24) is 5.32 Å². The minimum Gasteiger partial charge on any atom is -0.397 e. The van der Waals surface area contributed by atoms with Gasteiger partial charge in [-0.25, -0.2) is 0 Å². The van der Waals surface area contributed by atoms with Crippen molar-refractivity contribution in [3.05, 3.63) is 65.7 Å². The molecule has 0 saturated heterocycles. The fourth-order valence-corrected chi connectivity index (χ4v) is 1.98. The van der Waals surface area contributed by atoms with Crippen LogP contribution in [0, 0.1) is 0 Å². The molecule has 0 saturated carbocycles. The van der Waals surface area contributed by atoms with Gasteiger partial charge in [0, 0.05) is 12.3 Å². The summed E-state index contributed by atoms with van der Waals surface area (Å²) in [6.07, 6.45) is 3.61. The molecule has 0 fully saturated rings. The highest BCUT2D eigenvalue weighted by Gasteiger charge is 2.01. The number of hydrogen-bond acceptors (Lipinski definition) is 3. The first-order valence-electron chi connectivity index (χ1n) is 6.97. The molecule has 3 N–H and O–H groups in total. The van der Waals surface area contributed by atoms with Crippen molar-refractivity contribution < 1.29 is 0 Å². The fraction of sp³-hybridized carbons (Fsp3) is 0.167. The molecular formula is C18H21N3. The summed E-state index contributed by atoms with van der Waals surface area (Å²) in [7, 11) is 1.95. The third-order valence-electron chi connectivity index (χ3n) is 3.51. The van der Waals surface area contributed by atoms with E-state index in [9.17, 15) is 0 Å². The van der Waals surface area contributed by atoms with Gasteiger partial charge in [-0.2, -0.15) is 0 Å². The third-order valence-corrected chi connectivity index (χ3v) is 3.51. The van der Waals surface area contributed by atoms with E-state index in [1.807, 2.05) is 31.5 Å². The maximum atomic E-state index is 5.93. The van der Waals surface area contributed by atoms with Gasteiger partial charge < -0.3 is 11.1 Å². The summed E-state index contributed by atoms with van der Waals surface area (Å²) in [6, 6.07) is 14.4. The van der Waals surface area contributed by atoms with Gasteiger partial charge in [0.2, 0.25) is 0 Å². The van der Waals surface area contributed by atoms with E-state index in [1.165, 1.54) is 5.56 Å². The van der Waals surface area contributed by atoms with Crippen molar-refractivity contribution >= 4 is 23.7 Å². The predicted molar refractivity (Wildman–Crippen MR) is 92.1 cm³/mol. The lowest BCUT2D eigenvalue weighted by Crippen LogP contribution is -2.11. The number of rotatable bonds is 5. The molecule has 0 spiro atoms. The minimum absolute atomic E-state index is 0.343. The van der Waals surface area contributed by atoms with Crippen LogP contribution in [0.3, 0.4) is 0 Å². The van der Waals surface area contributed by atoms with Crippen molar-refractivity contribution in [1.29, 1.82) is 0 Å². The molecule has 0 aliphatic carbocycles. The molecule has 0 aliphatic heterocycles. The molecule has 2 aromatic carbocycles. The fourth-order valence-electron chi connectivity index (χ4n) is 1.98. The van der Waals surface area contributed by atoms with Crippen LogP contribution in [-0.4, -0.2) is 13.3 Å². The van der Waals surface area contributed by atoms with Gasteiger partial charge in [-0.05, 0) is 42.8 Å². The molecule has 0 amide bonds. The molecule has 3 nitrogen and oxygen atoms in total. The van der Waals surface area contributed by atoms with Crippen LogP contribution in [0.2, 0.25) is 0 Å². The highest BCUT2D eigenvalue weighted by molar-refractivity contribution is 5.84. The van der Waals surface area contributed by atoms with Gasteiger partial charge in [-0.15, -0.1) is 0 Å². The van der Waals surface area contributed by atoms with Gasteiger partial charge in [0.05, 0.1) is 11.4 Å². The van der Waals surface area contributed by atoms with Crippen LogP contribution < -0.4 is 11.1 Å². The van der Waals surface area contributed by atoms with Gasteiger partial charge in [0.15, 0.2) is 0 Å². The predicted octanol–water partition coefficient (Wildman–Crippen LogP) is 3.94. The van der Waals surface area contributed by atoms with Crippen LogP contribution >= 0.6 is 0 Å². The SMILES string of the molecule is C=Cc1ccc(N)c(N=Cc2ccc(C(C)NC)cc2)c1. The van der Waals surface area contributed by atoms with Crippen molar-refractivity contribution in [3.8, 4) is 0 Å². The Morgan fingerprint density at radius 3 is 2.43 bits per heavy atom. The molecule has 1 atom stereocenters. The zero-order chi connectivity index (χ0) is 15.2. The van der Waals surface area contributed by atoms with Crippen LogP contribution in [-0.2, 0) is 0 Å². The van der Waals surface area contributed by atoms with Gasteiger partial charge in [-0.3, -0.25) is 4.99 Å². The number of anilines is 1. The molecule has 3 heteroatoms. The zero-order valence-electron chi connectivity index (χ0n) is 12.5. The molecule has 2 rings (SSSR count). The lowest BCUT2D eigenvalue weighted by atomic mass is 10.1. The molecular weight excluding hydrogens is 258 g/mol. The van der Waals surface area contributed by atoms with E-state index in [0.717, 1.165) is 16.8 Å². The van der Waals surface area contributed by atoms with E-state index < -0.39 is 0 Å². The Kier molecular flexibility index (Phi) is 4.90. The Morgan fingerprint density at radius 2 is 1.81 bits per heavy atom. The minimum atomic E-state index is 0.343. The summed E-state index contributed by atoms with van der Waals surface area (Å²) < 4.78 is 0. The van der Waals surface area contributed by atoms with Gasteiger partial charge in [0.25, 0.3) is 0 Å². The van der Waals surface area contributed by atoms with Crippen LogP contribution in [0.5, 0.6) is 0 Å². The van der Waals surface area contributed by atoms with Crippen molar-refractivity contribution in [2.45, 2.75) is 13.0 Å². The first-order valence-corrected chi connectivity index (χ1v) is 6.97. The Morgan fingerprint density at radius 1 is 1.14 bits per heavy atom. The second-order valence-corrected chi connectivity index (χ2v) is 4.96. The molecule has 0 aromatic heterocycles. The molecule has 108 valence electrons. The number of nitrogens with one attached hydrogen (secondary N) is 1. The van der Waals surface area contributed by atoms with E-state index in [2.05, 4.69) is 48.1 Å². The first-order chi connectivity index (χ1) is 10.1. The largest absolute Gasteiger partial charge is 0.397 e. The van der Waals surface area contributed by atoms with Gasteiger partial charge in [0.1, 0.15) is 0 Å². The monoisotopic (exact) mass is 279 g/mol. The van der Waals surface area contributed by atoms with E-state index in [-0.39, 0.29) is 0 Å². The highest BCUT2D eigenvalue weighted by Crippen LogP contribution is 2.23. The summed E-state index contributed by atoms with van der Waals surface area (Å²) in [4.78, 5) is 4.47. The van der Waals surface area contributed by atoms with Crippen LogP contribution in [0.15, 0.2) is 54.0 Å². The van der Waals surface area contributed by atoms with E-state index >= 15 is 0 Å². The number of aliphatic imine (C=N–C) groups is 1. The number of nitrogen functional groups attached to an aromatic ring is 1. The second kappa shape index (κ2) is 6.86. The maximum absolute atomic E-state index is 5.93. The first kappa shape index (κ1) is 15.0. The highest BCUT2D eigenvalue weighted by atomic mass is 14.8. The van der Waals surface area contributed by atoms with Crippen LogP contribution in [0.4, 0.5) is 11.4 Å². The molecule has 0 bridgehead atoms. The molecule has 21 heavy (non-hydrogen) atoms. The maximum Gasteiger partial charge on any atom is 0.0865 e. The Bertz CT molecular complexity index is 642. The Hall–Kier alpha value is -2.39. The molecule has 1 unspecified atom stereocenters. The van der Waals surface area contributed by atoms with Gasteiger partial charge in [-0.1, -0.05) is 43.0 Å². The lowest BCUT2D eigenvalue weighted by Gasteiger charge is -2.10. The quantitative estimate of drug-likeness (QED) is 0.643. The lowest BCUT2D eigenvalue weighted by molar-refractivity contribution is 0.652. The number of hydrogen-bond donors (Lipinski definition) is 2. The normalized spacial score (nSPS) is 12.5. The summed E-state index contributed by atoms with van der Waals surface area (Å²) in [5.41, 5.74) is 10.7. The smallest absolute Gasteiger partial charge is 0.0865 e. The average molecular weight is 279 g/mol. The summed E-state index contributed by atoms with van der Waals surface area (Å²) in [6.45, 7) is 5.89. The Balaban J connectivity index is 2.19. The van der Waals surface area contributed by atoms with Crippen molar-refractivity contribution in [3.63, 3.8) is 0 Å². The third kappa shape index (κ3) is 3.80. The van der Waals surface area contributed by atoms with Crippen molar-refractivity contribution in [2.75, 3.05) is 12.8 Å². The Labute approximate surface area is 126 Å². The summed E-state index contributed by atoms with van der Waals surface area (Å²) in [5.74, 6) is 0. The number of nitrogens with zero attached hydrogens (tertiary/aromatic N) is 1. The number of nitrogens with two attached hydrogens (primary N) is 1. The van der Waals surface area contributed by atoms with Crippen LogP contribution in [0.1, 0.15) is 29.7 Å². The molecule has 2 aromatic rings. The summed E-state index contributed by atoms with van der Waals surface area (Å²) >= 11 is 0. The molecule has 0 radical (unpaired) electrons.